The molecule has 3 heteroatoms. The topological polar surface area (TPSA) is 25.8 Å². The van der Waals surface area contributed by atoms with Crippen molar-refractivity contribution in [3.63, 3.8) is 0 Å². The summed E-state index contributed by atoms with van der Waals surface area (Å²) in [7, 11) is 0. The Morgan fingerprint density at radius 2 is 1.15 bits per heavy atom. The van der Waals surface area contributed by atoms with Crippen LogP contribution in [0.2, 0.25) is 0 Å². The molecule has 0 saturated carbocycles. The summed E-state index contributed by atoms with van der Waals surface area (Å²) in [5.41, 5.74) is 0. The van der Waals surface area contributed by atoms with E-state index in [4.69, 9.17) is 0 Å². The van der Waals surface area contributed by atoms with Crippen LogP contribution in [-0.4, -0.2) is 9.97 Å². The van der Waals surface area contributed by atoms with E-state index < -0.39 is 0 Å². The van der Waals surface area contributed by atoms with Gasteiger partial charge in [-0.3, -0.25) is 0 Å². The zero-order chi connectivity index (χ0) is 8.49. The van der Waals surface area contributed by atoms with Crippen molar-refractivity contribution in [1.29, 1.82) is 0 Å². The van der Waals surface area contributed by atoms with Gasteiger partial charge in [0.1, 0.15) is 0 Å². The Bertz CT molecular complexity index is 188. The Kier molecular flexibility index (Phi) is 8.75. The first-order valence-corrected chi connectivity index (χ1v) is 3.54. The van der Waals surface area contributed by atoms with Crippen LogP contribution in [0.4, 0.5) is 0 Å². The van der Waals surface area contributed by atoms with Crippen LogP contribution in [0.3, 0.4) is 0 Å². The molecule has 0 aliphatic carbocycles. The molecule has 0 atom stereocenters. The molecule has 0 aliphatic rings. The third kappa shape index (κ3) is 7.58. The van der Waals surface area contributed by atoms with E-state index in [0.29, 0.717) is 0 Å². The number of rotatable bonds is 0. The molecule has 0 N–H and O–H groups in total. The first-order chi connectivity index (χ1) is 6.00. The fraction of sp³-hybridized carbons (Fsp3) is 0. The summed E-state index contributed by atoms with van der Waals surface area (Å²) < 4.78 is 0. The average Bonchev–Trinajstić information content (AvgIpc) is 2.24. The molecule has 13 heavy (non-hydrogen) atoms. The average molecular weight is 269 g/mol. The Hall–Kier alpha value is -0.778. The van der Waals surface area contributed by atoms with Crippen LogP contribution in [0, 0.1) is 12.4 Å². The number of hydrogen-bond donors (Lipinski definition) is 0. The minimum absolute atomic E-state index is 0. The fourth-order valence-electron chi connectivity index (χ4n) is 0.555. The molecule has 2 aromatic rings. The van der Waals surface area contributed by atoms with E-state index in [0.717, 1.165) is 0 Å². The smallest absolute Gasteiger partial charge is 0.394 e. The molecule has 0 spiro atoms. The van der Waals surface area contributed by atoms with Crippen LogP contribution in [0.5, 0.6) is 0 Å². The molecule has 0 unspecified atom stereocenters. The van der Waals surface area contributed by atoms with Crippen molar-refractivity contribution < 1.29 is 27.3 Å². The van der Waals surface area contributed by atoms with Gasteiger partial charge in [-0.15, -0.1) is 0 Å². The van der Waals surface area contributed by atoms with E-state index in [2.05, 4.69) is 22.4 Å². The van der Waals surface area contributed by atoms with Crippen LogP contribution in [0.1, 0.15) is 0 Å². The number of hydrogen-bond acceptors (Lipinski definition) is 2. The van der Waals surface area contributed by atoms with E-state index in [9.17, 15) is 0 Å². The second-order valence-electron chi connectivity index (χ2n) is 1.92. The molecule has 0 fully saturated rings. The molecule has 0 bridgehead atoms. The largest absolute Gasteiger partial charge is 2.00 e. The number of pyridine rings is 2. The van der Waals surface area contributed by atoms with Gasteiger partial charge in [0, 0.05) is 0 Å². The van der Waals surface area contributed by atoms with Crippen LogP contribution in [-0.2, 0) is 27.3 Å². The predicted octanol–water partition coefficient (Wildman–Crippen LogP) is 1.76. The molecule has 0 saturated heterocycles. The van der Waals surface area contributed by atoms with Crippen molar-refractivity contribution in [2.75, 3.05) is 0 Å². The minimum atomic E-state index is 0. The summed E-state index contributed by atoms with van der Waals surface area (Å²) in [6.45, 7) is 0. The monoisotopic (exact) mass is 270 g/mol. The third-order valence-electron chi connectivity index (χ3n) is 1.03. The van der Waals surface area contributed by atoms with Crippen molar-refractivity contribution in [3.05, 3.63) is 61.2 Å². The molecule has 0 aliphatic heterocycles. The van der Waals surface area contributed by atoms with Gasteiger partial charge in [0.05, 0.1) is 0 Å². The van der Waals surface area contributed by atoms with Gasteiger partial charge < -0.3 is 9.97 Å². The zero-order valence-corrected chi connectivity index (χ0v) is 11.3. The van der Waals surface area contributed by atoms with Gasteiger partial charge in [-0.2, -0.15) is 36.4 Å². The zero-order valence-electron chi connectivity index (χ0n) is 7.22. The van der Waals surface area contributed by atoms with Crippen LogP contribution >= 0.6 is 0 Å². The fourth-order valence-corrected chi connectivity index (χ4v) is 0.555. The predicted molar refractivity (Wildman–Crippen MR) is 46.1 cm³/mol. The van der Waals surface area contributed by atoms with Gasteiger partial charge in [0.2, 0.25) is 0 Å². The van der Waals surface area contributed by atoms with Crippen molar-refractivity contribution >= 4 is 0 Å². The Labute approximate surface area is 98.2 Å². The Morgan fingerprint density at radius 3 is 1.23 bits per heavy atom. The molecular formula is C10H8CdN2. The standard InChI is InChI=1S/2C5H4N.Cd/c2*1-2-4-6-5-3-1;/h2*1-4H;/q2*-1;+2. The van der Waals surface area contributed by atoms with E-state index in [1.807, 2.05) is 24.3 Å². The summed E-state index contributed by atoms with van der Waals surface area (Å²) in [4.78, 5) is 7.32. The molecule has 2 nitrogen and oxygen atoms in total. The minimum Gasteiger partial charge on any atom is -0.394 e. The third-order valence-corrected chi connectivity index (χ3v) is 1.03. The number of aromatic nitrogens is 2. The molecule has 2 aromatic heterocycles. The molecule has 0 amide bonds. The second kappa shape index (κ2) is 9.31. The molecule has 60 valence electrons. The summed E-state index contributed by atoms with van der Waals surface area (Å²) in [6, 6.07) is 11.0. The van der Waals surface area contributed by atoms with Crippen molar-refractivity contribution in [2.45, 2.75) is 0 Å². The molecular weight excluding hydrogens is 261 g/mol. The van der Waals surface area contributed by atoms with E-state index >= 15 is 0 Å². The van der Waals surface area contributed by atoms with Crippen molar-refractivity contribution in [2.24, 2.45) is 0 Å². The maximum Gasteiger partial charge on any atom is 2.00 e. The van der Waals surface area contributed by atoms with Crippen LogP contribution < -0.4 is 0 Å². The quantitative estimate of drug-likeness (QED) is 0.537. The maximum atomic E-state index is 3.66. The number of nitrogens with zero attached hydrogens (tertiary/aromatic N) is 2. The summed E-state index contributed by atoms with van der Waals surface area (Å²) in [6.07, 6.45) is 8.67. The second-order valence-corrected chi connectivity index (χ2v) is 1.92. The normalized spacial score (nSPS) is 7.38. The summed E-state index contributed by atoms with van der Waals surface area (Å²) in [5, 5.41) is 0. The molecule has 2 rings (SSSR count). The SMILES string of the molecule is [Cd+2].[c-]1ccccn1.[c-]1ccccn1. The molecule has 0 aromatic carbocycles. The Balaban J connectivity index is 0.000000206. The van der Waals surface area contributed by atoms with Crippen molar-refractivity contribution in [1.82, 2.24) is 9.97 Å². The summed E-state index contributed by atoms with van der Waals surface area (Å²) in [5.74, 6) is 0. The van der Waals surface area contributed by atoms with Gasteiger partial charge in [0.15, 0.2) is 0 Å². The van der Waals surface area contributed by atoms with E-state index in [1.54, 1.807) is 24.5 Å². The maximum absolute atomic E-state index is 3.66. The van der Waals surface area contributed by atoms with Gasteiger partial charge in [-0.05, 0) is 0 Å². The van der Waals surface area contributed by atoms with Crippen LogP contribution in [0.25, 0.3) is 0 Å². The first kappa shape index (κ1) is 12.2. The first-order valence-electron chi connectivity index (χ1n) is 3.54. The van der Waals surface area contributed by atoms with Gasteiger partial charge >= 0.3 is 27.3 Å². The van der Waals surface area contributed by atoms with Gasteiger partial charge in [0.25, 0.3) is 0 Å². The van der Waals surface area contributed by atoms with Gasteiger partial charge in [-0.1, -0.05) is 24.8 Å². The molecule has 0 radical (unpaired) electrons. The van der Waals surface area contributed by atoms with Crippen molar-refractivity contribution in [3.8, 4) is 0 Å². The Morgan fingerprint density at radius 1 is 0.692 bits per heavy atom. The van der Waals surface area contributed by atoms with E-state index in [-0.39, 0.29) is 27.3 Å². The van der Waals surface area contributed by atoms with E-state index in [1.165, 1.54) is 0 Å². The van der Waals surface area contributed by atoms with Gasteiger partial charge in [-0.25, -0.2) is 0 Å². The molecule has 2 heterocycles. The summed E-state index contributed by atoms with van der Waals surface area (Å²) >= 11 is 0. The van der Waals surface area contributed by atoms with Crippen LogP contribution in [0.15, 0.2) is 48.8 Å².